The summed E-state index contributed by atoms with van der Waals surface area (Å²) < 4.78 is 529. The summed E-state index contributed by atoms with van der Waals surface area (Å²) in [6.45, 7) is 17.6. The second-order valence-electron chi connectivity index (χ2n) is 19.2. The molecular formula is C49H63F39N2O9Si2. The first-order valence-electron chi connectivity index (χ1n) is 27.4. The van der Waals surface area contributed by atoms with Crippen molar-refractivity contribution in [3.63, 3.8) is 0 Å². The quantitative estimate of drug-likeness (QED) is 0.0157. The summed E-state index contributed by atoms with van der Waals surface area (Å²) in [7, 11) is -4.87. The second-order valence-corrected chi connectivity index (χ2v) is 23.5. The number of carbonyl (C=O) groups is 2. The second kappa shape index (κ2) is 39.8. The molecule has 0 aromatic heterocycles. The van der Waals surface area contributed by atoms with Crippen LogP contribution < -0.4 is 5.73 Å². The van der Waals surface area contributed by atoms with Gasteiger partial charge in [0.05, 0.1) is 13.1 Å². The number of rotatable bonds is 41. The molecule has 0 rings (SSSR count). The fourth-order valence-corrected chi connectivity index (χ4v) is 10.1. The fraction of sp³-hybridized carbons (Fsp3) is 0.857. The smallest absolute Gasteiger partial charge is 0.376 e. The van der Waals surface area contributed by atoms with Crippen molar-refractivity contribution in [2.45, 2.75) is 213 Å². The van der Waals surface area contributed by atoms with E-state index in [2.05, 4.69) is 23.9 Å². The number of alkyl halides is 39. The molecule has 0 unspecified atom stereocenters. The zero-order valence-corrected chi connectivity index (χ0v) is 54.5. The van der Waals surface area contributed by atoms with Gasteiger partial charge in [0.25, 0.3) is 0 Å². The average Bonchev–Trinajstić information content (AvgIpc) is 0.728. The number of aliphatic imine (C=N–C) groups is 1. The minimum absolute atomic E-state index is 0.0607. The highest BCUT2D eigenvalue weighted by molar-refractivity contribution is 6.60. The first-order valence-corrected chi connectivity index (χ1v) is 30.8. The van der Waals surface area contributed by atoms with Gasteiger partial charge in [0.1, 0.15) is 11.6 Å². The highest BCUT2D eigenvalue weighted by atomic mass is 28.4. The molecule has 0 radical (unpaired) electrons. The lowest BCUT2D eigenvalue weighted by atomic mass is 9.91. The van der Waals surface area contributed by atoms with Crippen LogP contribution in [0.15, 0.2) is 30.3 Å². The third-order valence-electron chi connectivity index (χ3n) is 11.8. The molecule has 604 valence electrons. The third kappa shape index (κ3) is 25.4. The highest BCUT2D eigenvalue weighted by Crippen LogP contribution is 2.64. The molecule has 0 bridgehead atoms. The largest absolute Gasteiger partial charge is 0.500 e. The number of carbonyl (C=O) groups excluding carboxylic acids is 3. The lowest BCUT2D eigenvalue weighted by Gasteiger charge is -2.39. The van der Waals surface area contributed by atoms with Crippen LogP contribution in [0.25, 0.3) is 0 Å². The van der Waals surface area contributed by atoms with Crippen molar-refractivity contribution in [3.05, 3.63) is 25.3 Å². The van der Waals surface area contributed by atoms with E-state index in [1.54, 1.807) is 20.8 Å². The van der Waals surface area contributed by atoms with Crippen molar-refractivity contribution < 1.29 is 212 Å². The number of allylic oxidation sites excluding steroid dienone is 1. The van der Waals surface area contributed by atoms with Crippen LogP contribution in [-0.2, 0) is 40.9 Å². The van der Waals surface area contributed by atoms with Gasteiger partial charge in [0.2, 0.25) is 6.08 Å². The van der Waals surface area contributed by atoms with Crippen LogP contribution in [0.3, 0.4) is 0 Å². The van der Waals surface area contributed by atoms with Crippen molar-refractivity contribution in [1.82, 2.24) is 0 Å². The number of ketones is 2. The summed E-state index contributed by atoms with van der Waals surface area (Å²) in [5.41, 5.74) is 3.91. The molecule has 0 aliphatic carbocycles. The molecule has 0 fully saturated rings. The van der Waals surface area contributed by atoms with Gasteiger partial charge in [0, 0.05) is 84.2 Å². The molecule has 2 N–H and O–H groups in total. The van der Waals surface area contributed by atoms with Crippen molar-refractivity contribution in [3.8, 4) is 0 Å². The van der Waals surface area contributed by atoms with E-state index in [1.165, 1.54) is 12.2 Å². The average molecular weight is 1620 g/mol. The van der Waals surface area contributed by atoms with Crippen LogP contribution in [0.1, 0.15) is 99.3 Å². The standard InChI is InChI=1S/C19H27F13O4Si.C13H11F13O.C7H4F13N.C6H16O3Si.C4H5NO/c1-4-34-37(35-5-2,36-6-3)12-8-7-9-13(33)10-11-14(20,21)15(22,23)16(24,25)17(26,27)18(28,29)19(30,31)32;1-2-3-4-7(27)5-6-8(14,15)9(16,17)10(18,19)11(20,21)12(22,23)13(24,25)26;8-2(9,1-21)3(10,11)4(12,13)5(14,15)6(16,17)7(18,19)20;1-4-7-10(8-5-2)9-6-3;1-2-3-5-4-6/h4-12H2,1-3H3;2H,1,3-6H2;1,21H2;10H,4-6H2,1-3H3;2H,1,3H2. The molecular weight excluding hydrogens is 1560 g/mol. The van der Waals surface area contributed by atoms with E-state index < -0.39 is 182 Å². The molecule has 0 atom stereocenters. The summed E-state index contributed by atoms with van der Waals surface area (Å²) in [6.07, 6.45) is -27.6. The molecule has 52 heteroatoms. The summed E-state index contributed by atoms with van der Waals surface area (Å²) in [6, 6.07) is 0.165. The highest BCUT2D eigenvalue weighted by Gasteiger charge is 2.93. The van der Waals surface area contributed by atoms with Gasteiger partial charge in [-0.05, 0) is 60.8 Å². The number of nitrogens with zero attached hydrogens (tertiary/aromatic N) is 1. The molecule has 0 aromatic rings. The summed E-state index contributed by atoms with van der Waals surface area (Å²) in [5, 5.41) is 0. The Morgan fingerprint density at radius 2 is 0.653 bits per heavy atom. The van der Waals surface area contributed by atoms with Crippen LogP contribution >= 0.6 is 0 Å². The number of nitrogens with two attached hydrogens (primary N) is 1. The maximum absolute atomic E-state index is 13.8. The fourth-order valence-electron chi connectivity index (χ4n) is 6.27. The predicted octanol–water partition coefficient (Wildman–Crippen LogP) is 18.3. The number of hydrogen-bond donors (Lipinski definition) is 1. The van der Waals surface area contributed by atoms with E-state index in [9.17, 15) is 186 Å². The Balaban J connectivity index is -0.000000421. The molecule has 0 heterocycles. The first kappa shape index (κ1) is 105. The maximum Gasteiger partial charge on any atom is 0.500 e. The number of isocyanates is 1. The van der Waals surface area contributed by atoms with Gasteiger partial charge in [-0.3, -0.25) is 9.59 Å². The Labute approximate surface area is 549 Å². The zero-order chi connectivity index (χ0) is 82.0. The Bertz CT molecular complexity index is 2480. The molecule has 0 saturated carbocycles. The monoisotopic (exact) mass is 1620 g/mol. The van der Waals surface area contributed by atoms with E-state index >= 15 is 0 Å². The molecule has 0 aliphatic heterocycles. The van der Waals surface area contributed by atoms with E-state index in [4.69, 9.17) is 26.6 Å². The van der Waals surface area contributed by atoms with E-state index in [1.807, 2.05) is 20.8 Å². The van der Waals surface area contributed by atoms with Gasteiger partial charge >= 0.3 is 126 Å². The lowest BCUT2D eigenvalue weighted by molar-refractivity contribution is -0.440. The Hall–Kier alpha value is -4.38. The van der Waals surface area contributed by atoms with Crippen LogP contribution in [0.5, 0.6) is 0 Å². The van der Waals surface area contributed by atoms with Crippen LogP contribution in [0.4, 0.5) is 171 Å². The normalized spacial score (nSPS) is 14.2. The number of unbranched alkanes of at least 4 members (excludes halogenated alkanes) is 1. The van der Waals surface area contributed by atoms with Gasteiger partial charge in [-0.1, -0.05) is 12.2 Å². The number of Topliss-reactive ketones (excluding diaryl/α,β-unsaturated/α-hetero) is 2. The number of hydrogen-bond acceptors (Lipinski definition) is 11. The van der Waals surface area contributed by atoms with Gasteiger partial charge in [-0.15, -0.1) is 13.2 Å². The minimum Gasteiger partial charge on any atom is -0.376 e. The summed E-state index contributed by atoms with van der Waals surface area (Å²) in [5.74, 6) is -113. The molecule has 11 nitrogen and oxygen atoms in total. The van der Waals surface area contributed by atoms with E-state index in [-0.39, 0.29) is 45.1 Å². The van der Waals surface area contributed by atoms with Gasteiger partial charge < -0.3 is 32.3 Å². The van der Waals surface area contributed by atoms with Crippen LogP contribution in [0.2, 0.25) is 6.04 Å². The van der Waals surface area contributed by atoms with Crippen molar-refractivity contribution in [2.24, 2.45) is 10.7 Å². The summed E-state index contributed by atoms with van der Waals surface area (Å²) >= 11 is 0. The summed E-state index contributed by atoms with van der Waals surface area (Å²) in [4.78, 5) is 35.3. The van der Waals surface area contributed by atoms with Crippen molar-refractivity contribution >= 4 is 36.0 Å². The van der Waals surface area contributed by atoms with E-state index in [0.717, 1.165) is 6.08 Å². The Morgan fingerprint density at radius 3 is 0.871 bits per heavy atom. The molecule has 0 aromatic carbocycles. The lowest BCUT2D eigenvalue weighted by Crippen LogP contribution is -2.70. The minimum atomic E-state index is -7.95. The number of halogens is 39. The molecule has 101 heavy (non-hydrogen) atoms. The SMILES string of the molecule is C=CCCC(=O)CCC(F)(F)C(F)(F)C(F)(F)C(F)(F)C(F)(F)C(F)(F)F.C=CCN=C=O.CCO[SiH](OCC)OCC.CCO[Si](CCCCC(=O)CCC(F)(F)C(F)(F)C(F)(F)C(F)(F)C(F)(F)C(F)(F)F)(OCC)OCC.NCC(F)(F)C(F)(F)C(F)(F)C(F)(F)C(F)(F)C(F)(F)F. The first-order chi connectivity index (χ1) is 44.8. The van der Waals surface area contributed by atoms with Crippen LogP contribution in [0, 0.1) is 0 Å². The molecule has 0 spiro atoms. The zero-order valence-electron chi connectivity index (χ0n) is 52.3. The molecule has 0 amide bonds. The topological polar surface area (TPSA) is 145 Å². The van der Waals surface area contributed by atoms with Crippen molar-refractivity contribution in [2.75, 3.05) is 52.7 Å². The Kier molecular flexibility index (Phi) is 41.5. The van der Waals surface area contributed by atoms with Crippen LogP contribution in [-0.4, -0.2) is 196 Å². The van der Waals surface area contributed by atoms with Gasteiger partial charge in [-0.2, -0.15) is 171 Å². The van der Waals surface area contributed by atoms with Gasteiger partial charge in [0.15, 0.2) is 0 Å². The van der Waals surface area contributed by atoms with Gasteiger partial charge in [-0.25, -0.2) is 9.79 Å². The third-order valence-corrected chi connectivity index (χ3v) is 16.8. The Morgan fingerprint density at radius 1 is 0.386 bits per heavy atom. The van der Waals surface area contributed by atoms with Crippen molar-refractivity contribution in [1.29, 1.82) is 0 Å². The molecule has 0 saturated heterocycles. The molecule has 0 aliphatic rings. The maximum atomic E-state index is 13.8. The van der Waals surface area contributed by atoms with E-state index in [0.29, 0.717) is 26.4 Å². The predicted molar refractivity (Wildman–Crippen MR) is 274 cm³/mol.